The van der Waals surface area contributed by atoms with E-state index in [1.807, 2.05) is 42.5 Å². The van der Waals surface area contributed by atoms with Gasteiger partial charge in [-0.25, -0.2) is 0 Å². The van der Waals surface area contributed by atoms with E-state index in [4.69, 9.17) is 27.6 Å². The quantitative estimate of drug-likeness (QED) is 0.249. The fourth-order valence-electron chi connectivity index (χ4n) is 5.37. The van der Waals surface area contributed by atoms with Gasteiger partial charge in [-0.2, -0.15) is 0 Å². The third kappa shape index (κ3) is 3.48. The van der Waals surface area contributed by atoms with Crippen LogP contribution in [0.2, 0.25) is 10.0 Å². The molecule has 6 rings (SSSR count). The van der Waals surface area contributed by atoms with E-state index in [-0.39, 0.29) is 5.92 Å². The van der Waals surface area contributed by atoms with Crippen LogP contribution in [0.15, 0.2) is 120 Å². The molecule has 0 bridgehead atoms. The van der Waals surface area contributed by atoms with Crippen LogP contribution in [0.25, 0.3) is 11.3 Å². The molecule has 0 saturated carbocycles. The average molecular weight is 481 g/mol. The van der Waals surface area contributed by atoms with Crippen LogP contribution in [0.4, 0.5) is 0 Å². The second-order valence-corrected chi connectivity index (χ2v) is 9.72. The highest BCUT2D eigenvalue weighted by Gasteiger charge is 2.50. The van der Waals surface area contributed by atoms with Crippen LogP contribution in [-0.4, -0.2) is 0 Å². The summed E-state index contributed by atoms with van der Waals surface area (Å²) in [4.78, 5) is 0. The van der Waals surface area contributed by atoms with Crippen molar-refractivity contribution in [3.63, 3.8) is 0 Å². The van der Waals surface area contributed by atoms with Crippen molar-refractivity contribution in [2.45, 2.75) is 17.8 Å². The van der Waals surface area contributed by atoms with Crippen molar-refractivity contribution >= 4 is 23.2 Å². The maximum atomic E-state index is 6.78. The molecule has 1 heterocycles. The second kappa shape index (κ2) is 8.51. The number of hydrogen-bond acceptors (Lipinski definition) is 1. The van der Waals surface area contributed by atoms with Crippen LogP contribution in [0, 0.1) is 0 Å². The van der Waals surface area contributed by atoms with Crippen LogP contribution in [0.3, 0.4) is 0 Å². The van der Waals surface area contributed by atoms with E-state index in [9.17, 15) is 0 Å². The molecule has 0 aliphatic heterocycles. The van der Waals surface area contributed by atoms with Gasteiger partial charge in [0.05, 0.1) is 5.41 Å². The normalized spacial score (nSPS) is 16.4. The molecule has 5 aromatic rings. The molecule has 0 radical (unpaired) electrons. The van der Waals surface area contributed by atoms with E-state index >= 15 is 0 Å². The van der Waals surface area contributed by atoms with Gasteiger partial charge in [0.2, 0.25) is 0 Å². The summed E-state index contributed by atoms with van der Waals surface area (Å²) in [5, 5.41) is 1.44. The molecular weight excluding hydrogens is 459 g/mol. The Morgan fingerprint density at radius 1 is 0.647 bits per heavy atom. The van der Waals surface area contributed by atoms with E-state index in [0.717, 1.165) is 44.7 Å². The molecule has 0 N–H and O–H groups in total. The zero-order valence-corrected chi connectivity index (χ0v) is 19.9. The van der Waals surface area contributed by atoms with Gasteiger partial charge in [-0.1, -0.05) is 108 Å². The third-order valence-corrected chi connectivity index (χ3v) is 7.47. The zero-order valence-electron chi connectivity index (χ0n) is 18.4. The van der Waals surface area contributed by atoms with E-state index in [1.165, 1.54) is 11.1 Å². The number of rotatable bonds is 4. The summed E-state index contributed by atoms with van der Waals surface area (Å²) >= 11 is 12.6. The molecule has 1 unspecified atom stereocenters. The monoisotopic (exact) mass is 480 g/mol. The Bertz CT molecular complexity index is 1370. The molecule has 34 heavy (non-hydrogen) atoms. The van der Waals surface area contributed by atoms with Gasteiger partial charge in [-0.15, -0.1) is 0 Å². The van der Waals surface area contributed by atoms with Crippen molar-refractivity contribution in [2.75, 3.05) is 0 Å². The van der Waals surface area contributed by atoms with Gasteiger partial charge in [0.25, 0.3) is 0 Å². The molecular formula is C31H22Cl2O. The van der Waals surface area contributed by atoms with Gasteiger partial charge in [0, 0.05) is 27.1 Å². The Morgan fingerprint density at radius 2 is 1.18 bits per heavy atom. The van der Waals surface area contributed by atoms with Crippen LogP contribution in [-0.2, 0) is 5.41 Å². The lowest BCUT2D eigenvalue weighted by atomic mass is 9.71. The summed E-state index contributed by atoms with van der Waals surface area (Å²) < 4.78 is 6.78. The first-order valence-corrected chi connectivity index (χ1v) is 12.2. The van der Waals surface area contributed by atoms with Crippen LogP contribution < -0.4 is 0 Å². The number of hydrogen-bond donors (Lipinski definition) is 0. The summed E-state index contributed by atoms with van der Waals surface area (Å²) in [6.07, 6.45) is 0.865. The first-order chi connectivity index (χ1) is 16.6. The molecule has 0 amide bonds. The Balaban J connectivity index is 1.64. The van der Waals surface area contributed by atoms with E-state index in [1.54, 1.807) is 0 Å². The number of furan rings is 1. The smallest absolute Gasteiger partial charge is 0.134 e. The lowest BCUT2D eigenvalue weighted by Crippen LogP contribution is -2.26. The molecule has 1 atom stereocenters. The van der Waals surface area contributed by atoms with Gasteiger partial charge in [-0.3, -0.25) is 0 Å². The summed E-state index contributed by atoms with van der Waals surface area (Å²) in [6.45, 7) is 0. The average Bonchev–Trinajstić information content (AvgIpc) is 3.45. The molecule has 166 valence electrons. The predicted octanol–water partition coefficient (Wildman–Crippen LogP) is 9.12. The molecule has 1 aromatic heterocycles. The molecule has 0 spiro atoms. The van der Waals surface area contributed by atoms with Gasteiger partial charge in [0.1, 0.15) is 11.5 Å². The van der Waals surface area contributed by atoms with Crippen LogP contribution in [0.1, 0.15) is 40.4 Å². The zero-order chi connectivity index (χ0) is 23.1. The molecule has 3 heteroatoms. The molecule has 1 aliphatic rings. The Kier molecular flexibility index (Phi) is 5.32. The molecule has 0 fully saturated rings. The standard InChI is InChI=1S/C31H22Cl2O/c32-25-15-11-23(12-16-25)31(24-13-17-26(33)18-14-24)20-28(21-7-3-1-4-8-21)27-19-29(34-30(27)31)22-9-5-2-6-10-22/h1-19,28H,20H2. The molecule has 1 nitrogen and oxygen atoms in total. The minimum atomic E-state index is -0.460. The van der Waals surface area contributed by atoms with E-state index in [0.29, 0.717) is 0 Å². The molecule has 4 aromatic carbocycles. The van der Waals surface area contributed by atoms with Gasteiger partial charge in [-0.05, 0) is 53.4 Å². The lowest BCUT2D eigenvalue weighted by molar-refractivity contribution is 0.438. The Hall–Kier alpha value is -3.26. The van der Waals surface area contributed by atoms with Gasteiger partial charge >= 0.3 is 0 Å². The minimum absolute atomic E-state index is 0.198. The van der Waals surface area contributed by atoms with Crippen molar-refractivity contribution in [1.82, 2.24) is 0 Å². The highest BCUT2D eigenvalue weighted by Crippen LogP contribution is 2.57. The molecule has 0 saturated heterocycles. The summed E-state index contributed by atoms with van der Waals surface area (Å²) in [5.41, 5.74) is 5.45. The van der Waals surface area contributed by atoms with E-state index < -0.39 is 5.41 Å². The summed E-state index contributed by atoms with van der Waals surface area (Å²) in [7, 11) is 0. The maximum absolute atomic E-state index is 6.78. The van der Waals surface area contributed by atoms with Crippen molar-refractivity contribution in [1.29, 1.82) is 0 Å². The second-order valence-electron chi connectivity index (χ2n) is 8.85. The number of halogens is 2. The molecule has 1 aliphatic carbocycles. The third-order valence-electron chi connectivity index (χ3n) is 6.97. The summed E-state index contributed by atoms with van der Waals surface area (Å²) in [5.74, 6) is 2.08. The van der Waals surface area contributed by atoms with Crippen molar-refractivity contribution in [3.8, 4) is 11.3 Å². The minimum Gasteiger partial charge on any atom is -0.459 e. The summed E-state index contributed by atoms with van der Waals surface area (Å²) in [6, 6.07) is 39.6. The van der Waals surface area contributed by atoms with E-state index in [2.05, 4.69) is 72.8 Å². The number of benzene rings is 4. The van der Waals surface area contributed by atoms with Crippen molar-refractivity contribution < 1.29 is 4.42 Å². The Morgan fingerprint density at radius 3 is 1.74 bits per heavy atom. The van der Waals surface area contributed by atoms with Crippen LogP contribution in [0.5, 0.6) is 0 Å². The van der Waals surface area contributed by atoms with Gasteiger partial charge in [0.15, 0.2) is 0 Å². The largest absolute Gasteiger partial charge is 0.459 e. The predicted molar refractivity (Wildman–Crippen MR) is 140 cm³/mol. The topological polar surface area (TPSA) is 13.1 Å². The fourth-order valence-corrected chi connectivity index (χ4v) is 5.62. The number of fused-ring (bicyclic) bond motifs is 1. The Labute approximate surface area is 209 Å². The highest BCUT2D eigenvalue weighted by molar-refractivity contribution is 6.30. The van der Waals surface area contributed by atoms with Gasteiger partial charge < -0.3 is 4.42 Å². The van der Waals surface area contributed by atoms with Crippen molar-refractivity contribution in [3.05, 3.63) is 153 Å². The first kappa shape index (κ1) is 21.3. The fraction of sp³-hybridized carbons (Fsp3) is 0.0968. The van der Waals surface area contributed by atoms with Crippen LogP contribution >= 0.6 is 23.2 Å². The lowest BCUT2D eigenvalue weighted by Gasteiger charge is -2.31. The van der Waals surface area contributed by atoms with Crippen molar-refractivity contribution in [2.24, 2.45) is 0 Å². The maximum Gasteiger partial charge on any atom is 0.134 e. The SMILES string of the molecule is Clc1ccc(C2(c3ccc(Cl)cc3)CC(c3ccccc3)c3cc(-c4ccccc4)oc32)cc1. The highest BCUT2D eigenvalue weighted by atomic mass is 35.5. The first-order valence-electron chi connectivity index (χ1n) is 11.4.